The average molecular weight is 455 g/mol. The summed E-state index contributed by atoms with van der Waals surface area (Å²) < 4.78 is 10.9. The summed E-state index contributed by atoms with van der Waals surface area (Å²) in [7, 11) is 1.40. The van der Waals surface area contributed by atoms with Gasteiger partial charge in [-0.1, -0.05) is 41.9 Å². The van der Waals surface area contributed by atoms with E-state index in [1.165, 1.54) is 7.11 Å². The first-order chi connectivity index (χ1) is 15.2. The fraction of sp³-hybridized carbons (Fsp3) is 0.440. The van der Waals surface area contributed by atoms with E-state index in [0.717, 1.165) is 16.8 Å². The van der Waals surface area contributed by atoms with E-state index in [1.807, 2.05) is 69.3 Å². The fourth-order valence-corrected chi connectivity index (χ4v) is 5.72. The molecule has 2 fully saturated rings. The van der Waals surface area contributed by atoms with Crippen LogP contribution in [0.15, 0.2) is 48.5 Å². The van der Waals surface area contributed by atoms with Gasteiger partial charge in [0.25, 0.3) is 0 Å². The zero-order chi connectivity index (χ0) is 22.8. The number of esters is 1. The number of hydrogen-bond acceptors (Lipinski definition) is 5. The first kappa shape index (κ1) is 21.1. The maximum atomic E-state index is 13.4. The third-order valence-electron chi connectivity index (χ3n) is 6.75. The maximum Gasteiger partial charge on any atom is 0.411 e. The zero-order valence-electron chi connectivity index (χ0n) is 18.5. The number of amides is 1. The molecule has 1 saturated heterocycles. The van der Waals surface area contributed by atoms with Crippen LogP contribution in [0.25, 0.3) is 0 Å². The van der Waals surface area contributed by atoms with Crippen LogP contribution in [0.1, 0.15) is 44.0 Å². The molecule has 3 aliphatic rings. The number of fused-ring (bicyclic) bond motifs is 5. The summed E-state index contributed by atoms with van der Waals surface area (Å²) in [6.07, 6.45) is -0.391. The number of halogens is 1. The number of hydrogen-bond donors (Lipinski definition) is 1. The number of likely N-dealkylation sites (tertiary alicyclic amines) is 1. The van der Waals surface area contributed by atoms with E-state index < -0.39 is 11.7 Å². The lowest BCUT2D eigenvalue weighted by atomic mass is 9.77. The summed E-state index contributed by atoms with van der Waals surface area (Å²) in [5.74, 6) is -0.648. The van der Waals surface area contributed by atoms with Crippen LogP contribution in [0.3, 0.4) is 0 Å². The number of ether oxygens (including phenoxy) is 2. The van der Waals surface area contributed by atoms with E-state index >= 15 is 0 Å². The van der Waals surface area contributed by atoms with E-state index in [9.17, 15) is 9.59 Å². The van der Waals surface area contributed by atoms with Crippen molar-refractivity contribution in [2.75, 3.05) is 12.4 Å². The molecular weight excluding hydrogens is 428 g/mol. The van der Waals surface area contributed by atoms with Crippen molar-refractivity contribution in [3.63, 3.8) is 0 Å². The Balaban J connectivity index is 1.62. The van der Waals surface area contributed by atoms with Crippen molar-refractivity contribution < 1.29 is 19.1 Å². The summed E-state index contributed by atoms with van der Waals surface area (Å²) in [6, 6.07) is 15.3. The summed E-state index contributed by atoms with van der Waals surface area (Å²) in [4.78, 5) is 27.8. The number of piperidine rings is 1. The van der Waals surface area contributed by atoms with Crippen LogP contribution in [0.5, 0.6) is 0 Å². The highest BCUT2D eigenvalue weighted by molar-refractivity contribution is 6.30. The zero-order valence-corrected chi connectivity index (χ0v) is 19.3. The minimum atomic E-state index is -0.637. The lowest BCUT2D eigenvalue weighted by molar-refractivity contribution is -0.143. The standard InChI is InChI=1S/C25H27ClN2O4/c1-25(2,3)32-24(30)28-21-15-7-5-6-8-16(15)27-20(13-9-11-14(26)12-10-13)18(21)17-19(22(17)28)23(29)31-4/h5-12,17-22,27H,1-4H3/t17-,18-,19?,20+,21+,22-/m1/s1. The van der Waals surface area contributed by atoms with Crippen LogP contribution in [-0.2, 0) is 14.3 Å². The van der Waals surface area contributed by atoms with Crippen LogP contribution >= 0.6 is 11.6 Å². The minimum absolute atomic E-state index is 0.00676. The Morgan fingerprint density at radius 2 is 1.72 bits per heavy atom. The van der Waals surface area contributed by atoms with Gasteiger partial charge in [-0.2, -0.15) is 0 Å². The van der Waals surface area contributed by atoms with Crippen LogP contribution in [-0.4, -0.2) is 35.7 Å². The molecular formula is C25H27ClN2O4. The summed E-state index contributed by atoms with van der Waals surface area (Å²) in [6.45, 7) is 5.56. The molecule has 2 heterocycles. The number of rotatable bonds is 2. The van der Waals surface area contributed by atoms with Gasteiger partial charge >= 0.3 is 12.1 Å². The molecule has 2 aromatic rings. The summed E-state index contributed by atoms with van der Waals surface area (Å²) in [5, 5.41) is 4.34. The number of benzene rings is 2. The van der Waals surface area contributed by atoms with Crippen molar-refractivity contribution in [1.82, 2.24) is 4.90 Å². The smallest absolute Gasteiger partial charge is 0.411 e. The van der Waals surface area contributed by atoms with Crippen molar-refractivity contribution in [3.05, 3.63) is 64.7 Å². The number of nitrogens with zero attached hydrogens (tertiary/aromatic N) is 1. The van der Waals surface area contributed by atoms with E-state index in [4.69, 9.17) is 21.1 Å². The van der Waals surface area contributed by atoms with Crippen LogP contribution < -0.4 is 5.32 Å². The number of anilines is 1. The van der Waals surface area contributed by atoms with E-state index in [2.05, 4.69) is 5.32 Å². The van der Waals surface area contributed by atoms with Crippen molar-refractivity contribution in [2.24, 2.45) is 17.8 Å². The number of para-hydroxylation sites is 1. The monoisotopic (exact) mass is 454 g/mol. The van der Waals surface area contributed by atoms with Gasteiger partial charge in [0.15, 0.2) is 0 Å². The van der Waals surface area contributed by atoms with Gasteiger partial charge in [0.2, 0.25) is 0 Å². The molecule has 1 unspecified atom stereocenters. The molecule has 2 aromatic carbocycles. The SMILES string of the molecule is COC(=O)C1[C@H]2[C@@H]3[C@H](c4ccc(Cl)cc4)Nc4ccccc4[C@@H]3N(C(=O)OC(C)(C)C)[C@@H]12. The average Bonchev–Trinajstić information content (AvgIpc) is 3.36. The first-order valence-electron chi connectivity index (χ1n) is 10.9. The lowest BCUT2D eigenvalue weighted by Gasteiger charge is -2.43. The highest BCUT2D eigenvalue weighted by atomic mass is 35.5. The van der Waals surface area contributed by atoms with Crippen molar-refractivity contribution >= 4 is 29.4 Å². The highest BCUT2D eigenvalue weighted by Gasteiger charge is 2.73. The Hall–Kier alpha value is -2.73. The van der Waals surface area contributed by atoms with Crippen molar-refractivity contribution in [1.29, 1.82) is 0 Å². The van der Waals surface area contributed by atoms with Gasteiger partial charge < -0.3 is 14.8 Å². The number of methoxy groups -OCH3 is 1. The second kappa shape index (κ2) is 7.41. The molecule has 0 spiro atoms. The fourth-order valence-electron chi connectivity index (χ4n) is 5.59. The molecule has 0 radical (unpaired) electrons. The van der Waals surface area contributed by atoms with Crippen LogP contribution in [0, 0.1) is 17.8 Å². The second-order valence-electron chi connectivity index (χ2n) is 9.79. The normalized spacial score (nSPS) is 29.8. The molecule has 32 heavy (non-hydrogen) atoms. The van der Waals surface area contributed by atoms with Crippen molar-refractivity contribution in [3.8, 4) is 0 Å². The van der Waals surface area contributed by atoms with Gasteiger partial charge in [0, 0.05) is 22.5 Å². The summed E-state index contributed by atoms with van der Waals surface area (Å²) in [5.41, 5.74) is 2.46. The van der Waals surface area contributed by atoms with Gasteiger partial charge in [-0.05, 0) is 50.1 Å². The van der Waals surface area contributed by atoms with Gasteiger partial charge in [0.1, 0.15) is 5.60 Å². The van der Waals surface area contributed by atoms with Crippen LogP contribution in [0.4, 0.5) is 10.5 Å². The topological polar surface area (TPSA) is 67.9 Å². The maximum absolute atomic E-state index is 13.4. The van der Waals surface area contributed by atoms with E-state index in [-0.39, 0.29) is 41.8 Å². The molecule has 6 atom stereocenters. The molecule has 2 aliphatic heterocycles. The van der Waals surface area contributed by atoms with E-state index in [1.54, 1.807) is 4.90 Å². The molecule has 1 amide bonds. The molecule has 1 aliphatic carbocycles. The van der Waals surface area contributed by atoms with Gasteiger partial charge in [0.05, 0.1) is 31.2 Å². The van der Waals surface area contributed by atoms with Gasteiger partial charge in [-0.25, -0.2) is 4.79 Å². The predicted molar refractivity (Wildman–Crippen MR) is 121 cm³/mol. The summed E-state index contributed by atoms with van der Waals surface area (Å²) >= 11 is 6.14. The Morgan fingerprint density at radius 3 is 2.38 bits per heavy atom. The molecule has 5 rings (SSSR count). The Bertz CT molecular complexity index is 1060. The van der Waals surface area contributed by atoms with Crippen LogP contribution in [0.2, 0.25) is 5.02 Å². The Morgan fingerprint density at radius 1 is 1.03 bits per heavy atom. The van der Waals surface area contributed by atoms with E-state index in [0.29, 0.717) is 5.02 Å². The first-order valence-corrected chi connectivity index (χ1v) is 11.3. The third-order valence-corrected chi connectivity index (χ3v) is 7.00. The molecule has 1 N–H and O–H groups in total. The number of carbonyl (C=O) groups is 2. The quantitative estimate of drug-likeness (QED) is 0.631. The third kappa shape index (κ3) is 3.32. The molecule has 6 nitrogen and oxygen atoms in total. The Labute approximate surface area is 192 Å². The molecule has 168 valence electrons. The molecule has 7 heteroatoms. The highest BCUT2D eigenvalue weighted by Crippen LogP contribution is 2.67. The largest absolute Gasteiger partial charge is 0.469 e. The molecule has 0 aromatic heterocycles. The second-order valence-corrected chi connectivity index (χ2v) is 10.2. The number of carbonyl (C=O) groups excluding carboxylic acids is 2. The van der Waals surface area contributed by atoms with Gasteiger partial charge in [-0.3, -0.25) is 9.69 Å². The lowest BCUT2D eigenvalue weighted by Crippen LogP contribution is -2.44. The predicted octanol–water partition coefficient (Wildman–Crippen LogP) is 5.20. The molecule has 1 saturated carbocycles. The Kier molecular flexibility index (Phi) is 4.89. The molecule has 0 bridgehead atoms. The van der Waals surface area contributed by atoms with Gasteiger partial charge in [-0.15, -0.1) is 0 Å². The number of nitrogens with one attached hydrogen (secondary N) is 1. The van der Waals surface area contributed by atoms with Crippen molar-refractivity contribution in [2.45, 2.75) is 44.5 Å². The minimum Gasteiger partial charge on any atom is -0.469 e.